The summed E-state index contributed by atoms with van der Waals surface area (Å²) in [6.45, 7) is 6.69. The summed E-state index contributed by atoms with van der Waals surface area (Å²) < 4.78 is 0. The molecule has 5 nitrogen and oxygen atoms in total. The first-order valence-electron chi connectivity index (χ1n) is 9.45. The van der Waals surface area contributed by atoms with Gasteiger partial charge in [-0.25, -0.2) is 0 Å². The first-order chi connectivity index (χ1) is 11.1. The second-order valence-electron chi connectivity index (χ2n) is 7.55. The maximum Gasteiger partial charge on any atom is 0.225 e. The Kier molecular flexibility index (Phi) is 5.57. The lowest BCUT2D eigenvalue weighted by molar-refractivity contribution is -0.136. The van der Waals surface area contributed by atoms with Crippen LogP contribution in [0.3, 0.4) is 0 Å². The molecule has 3 rings (SSSR count). The average Bonchev–Trinajstić information content (AvgIpc) is 3.41. The number of likely N-dealkylation sites (tertiary alicyclic amines) is 2. The van der Waals surface area contributed by atoms with Crippen LogP contribution in [0.2, 0.25) is 0 Å². The molecule has 0 aromatic carbocycles. The Hall–Kier alpha value is -1.10. The van der Waals surface area contributed by atoms with E-state index < -0.39 is 0 Å². The molecule has 130 valence electrons. The first-order valence-corrected chi connectivity index (χ1v) is 9.45. The number of carbonyl (C=O) groups excluding carboxylic acids is 2. The molecular weight excluding hydrogens is 290 g/mol. The number of rotatable bonds is 5. The molecule has 2 aliphatic heterocycles. The normalized spacial score (nSPS) is 27.0. The average molecular weight is 321 g/mol. The van der Waals surface area contributed by atoms with Gasteiger partial charge in [-0.2, -0.15) is 0 Å². The summed E-state index contributed by atoms with van der Waals surface area (Å²) in [6.07, 6.45) is 7.67. The number of piperidine rings is 2. The summed E-state index contributed by atoms with van der Waals surface area (Å²) in [5, 5.41) is 3.12. The van der Waals surface area contributed by atoms with E-state index in [1.807, 2.05) is 4.90 Å². The largest absolute Gasteiger partial charge is 0.355 e. The van der Waals surface area contributed by atoms with Gasteiger partial charge in [-0.05, 0) is 52.0 Å². The van der Waals surface area contributed by atoms with Gasteiger partial charge >= 0.3 is 0 Å². The zero-order valence-corrected chi connectivity index (χ0v) is 14.4. The number of hydrogen-bond donors (Lipinski definition) is 1. The topological polar surface area (TPSA) is 52.7 Å². The molecule has 2 heterocycles. The Morgan fingerprint density at radius 2 is 1.70 bits per heavy atom. The Bertz CT molecular complexity index is 428. The van der Waals surface area contributed by atoms with Gasteiger partial charge in [0.15, 0.2) is 0 Å². The van der Waals surface area contributed by atoms with E-state index >= 15 is 0 Å². The number of hydrogen-bond acceptors (Lipinski definition) is 3. The van der Waals surface area contributed by atoms with Crippen LogP contribution in [0.25, 0.3) is 0 Å². The molecule has 3 fully saturated rings. The summed E-state index contributed by atoms with van der Waals surface area (Å²) >= 11 is 0. The van der Waals surface area contributed by atoms with E-state index in [0.29, 0.717) is 17.9 Å². The van der Waals surface area contributed by atoms with E-state index in [1.54, 1.807) is 0 Å². The maximum atomic E-state index is 12.3. The van der Waals surface area contributed by atoms with E-state index in [1.165, 1.54) is 25.8 Å². The van der Waals surface area contributed by atoms with Crippen LogP contribution in [0.5, 0.6) is 0 Å². The second kappa shape index (κ2) is 7.65. The fraction of sp³-hybridized carbons (Fsp3) is 0.889. The van der Waals surface area contributed by atoms with Crippen LogP contribution >= 0.6 is 0 Å². The predicted molar refractivity (Wildman–Crippen MR) is 89.9 cm³/mol. The minimum atomic E-state index is 0.0945. The molecule has 2 saturated heterocycles. The minimum Gasteiger partial charge on any atom is -0.355 e. The Morgan fingerprint density at radius 1 is 0.957 bits per heavy atom. The van der Waals surface area contributed by atoms with Gasteiger partial charge in [-0.1, -0.05) is 6.42 Å². The minimum absolute atomic E-state index is 0.0945. The molecule has 1 aliphatic carbocycles. The number of carbonyl (C=O) groups is 2. The number of nitrogens with zero attached hydrogens (tertiary/aromatic N) is 2. The van der Waals surface area contributed by atoms with Crippen molar-refractivity contribution in [3.05, 3.63) is 0 Å². The lowest BCUT2D eigenvalue weighted by atomic mass is 9.95. The monoisotopic (exact) mass is 321 g/mol. The SMILES string of the molecule is C[C@H]1CCCCN1CCNC(=O)C1CCN(C(=O)C2CC2)CC1. The van der Waals surface area contributed by atoms with Crippen molar-refractivity contribution < 1.29 is 9.59 Å². The Labute approximate surface area is 139 Å². The van der Waals surface area contributed by atoms with Crippen molar-refractivity contribution in [2.24, 2.45) is 11.8 Å². The Morgan fingerprint density at radius 3 is 2.35 bits per heavy atom. The van der Waals surface area contributed by atoms with E-state index in [9.17, 15) is 9.59 Å². The van der Waals surface area contributed by atoms with Gasteiger partial charge < -0.3 is 10.2 Å². The highest BCUT2D eigenvalue weighted by atomic mass is 16.2. The molecule has 3 aliphatic rings. The van der Waals surface area contributed by atoms with Crippen molar-refractivity contribution in [3.8, 4) is 0 Å². The van der Waals surface area contributed by atoms with Crippen molar-refractivity contribution in [2.75, 3.05) is 32.7 Å². The van der Waals surface area contributed by atoms with E-state index in [0.717, 1.165) is 51.9 Å². The third-order valence-corrected chi connectivity index (χ3v) is 5.74. The fourth-order valence-corrected chi connectivity index (χ4v) is 3.91. The van der Waals surface area contributed by atoms with Crippen molar-refractivity contribution >= 4 is 11.8 Å². The molecule has 0 aromatic heterocycles. The zero-order chi connectivity index (χ0) is 16.2. The lowest BCUT2D eigenvalue weighted by Crippen LogP contribution is -2.46. The molecule has 0 unspecified atom stereocenters. The summed E-state index contributed by atoms with van der Waals surface area (Å²) in [5.41, 5.74) is 0. The molecule has 1 N–H and O–H groups in total. The number of nitrogens with one attached hydrogen (secondary N) is 1. The van der Waals surface area contributed by atoms with Crippen molar-refractivity contribution in [1.29, 1.82) is 0 Å². The molecule has 2 amide bonds. The van der Waals surface area contributed by atoms with Crippen molar-refractivity contribution in [3.63, 3.8) is 0 Å². The third kappa shape index (κ3) is 4.46. The highest BCUT2D eigenvalue weighted by molar-refractivity contribution is 5.82. The molecule has 5 heteroatoms. The molecule has 0 aromatic rings. The van der Waals surface area contributed by atoms with Gasteiger partial charge in [-0.15, -0.1) is 0 Å². The van der Waals surface area contributed by atoms with Gasteiger partial charge in [0.05, 0.1) is 0 Å². The van der Waals surface area contributed by atoms with Gasteiger partial charge in [0.25, 0.3) is 0 Å². The highest BCUT2D eigenvalue weighted by Gasteiger charge is 2.35. The number of amides is 2. The standard InChI is InChI=1S/C18H31N3O2/c1-14-4-2-3-10-20(14)13-9-19-17(22)15-7-11-21(12-8-15)18(23)16-5-6-16/h14-16H,2-13H2,1H3,(H,19,22)/t14-/m0/s1. The smallest absolute Gasteiger partial charge is 0.225 e. The van der Waals surface area contributed by atoms with Crippen LogP contribution in [0.15, 0.2) is 0 Å². The van der Waals surface area contributed by atoms with Crippen LogP contribution in [-0.4, -0.2) is 60.4 Å². The highest BCUT2D eigenvalue weighted by Crippen LogP contribution is 2.32. The lowest BCUT2D eigenvalue weighted by Gasteiger charge is -2.34. The predicted octanol–water partition coefficient (Wildman–Crippen LogP) is 1.63. The zero-order valence-electron chi connectivity index (χ0n) is 14.4. The molecule has 23 heavy (non-hydrogen) atoms. The van der Waals surface area contributed by atoms with Gasteiger partial charge in [0, 0.05) is 44.1 Å². The second-order valence-corrected chi connectivity index (χ2v) is 7.55. The van der Waals surface area contributed by atoms with Gasteiger partial charge in [0.1, 0.15) is 0 Å². The van der Waals surface area contributed by atoms with E-state index in [-0.39, 0.29) is 11.8 Å². The molecule has 0 spiro atoms. The summed E-state index contributed by atoms with van der Waals surface area (Å²) in [4.78, 5) is 28.8. The summed E-state index contributed by atoms with van der Waals surface area (Å²) in [6, 6.07) is 0.650. The molecule has 1 saturated carbocycles. The summed E-state index contributed by atoms with van der Waals surface area (Å²) in [7, 11) is 0. The van der Waals surface area contributed by atoms with Gasteiger partial charge in [0.2, 0.25) is 11.8 Å². The van der Waals surface area contributed by atoms with Crippen LogP contribution in [-0.2, 0) is 9.59 Å². The fourth-order valence-electron chi connectivity index (χ4n) is 3.91. The van der Waals surface area contributed by atoms with Crippen LogP contribution in [0.4, 0.5) is 0 Å². The molecule has 0 bridgehead atoms. The van der Waals surface area contributed by atoms with Crippen LogP contribution < -0.4 is 5.32 Å². The summed E-state index contributed by atoms with van der Waals surface area (Å²) in [5.74, 6) is 0.903. The first kappa shape index (κ1) is 16.7. The van der Waals surface area contributed by atoms with Crippen LogP contribution in [0.1, 0.15) is 51.9 Å². The molecule has 0 radical (unpaired) electrons. The third-order valence-electron chi connectivity index (χ3n) is 5.74. The van der Waals surface area contributed by atoms with E-state index in [2.05, 4.69) is 17.1 Å². The Balaban J connectivity index is 1.33. The van der Waals surface area contributed by atoms with Crippen molar-refractivity contribution in [1.82, 2.24) is 15.1 Å². The van der Waals surface area contributed by atoms with Crippen molar-refractivity contribution in [2.45, 2.75) is 57.9 Å². The van der Waals surface area contributed by atoms with E-state index in [4.69, 9.17) is 0 Å². The molecule has 1 atom stereocenters. The van der Waals surface area contributed by atoms with Gasteiger partial charge in [-0.3, -0.25) is 14.5 Å². The van der Waals surface area contributed by atoms with Crippen LogP contribution in [0, 0.1) is 11.8 Å². The molecular formula is C18H31N3O2. The maximum absolute atomic E-state index is 12.3. The quantitative estimate of drug-likeness (QED) is 0.837.